The predicted molar refractivity (Wildman–Crippen MR) is 6.66 cm³/mol. The van der Waals surface area contributed by atoms with Crippen LogP contribution in [0.2, 0.25) is 0 Å². The molecule has 0 saturated carbocycles. The van der Waals surface area contributed by atoms with Crippen LogP contribution in [0.3, 0.4) is 0 Å². The molecule has 0 rings (SSSR count). The molecule has 4 heteroatoms. The van der Waals surface area contributed by atoms with Crippen molar-refractivity contribution in [1.29, 1.82) is 0 Å². The predicted octanol–water partition coefficient (Wildman–Crippen LogP) is -1.67. The zero-order valence-electron chi connectivity index (χ0n) is 1.72. The van der Waals surface area contributed by atoms with Crippen LogP contribution in [-0.4, -0.2) is 11.5 Å². The Balaban J connectivity index is 2.32. The minimum absolute atomic E-state index is 3.46. The van der Waals surface area contributed by atoms with E-state index in [2.05, 4.69) is 0 Å². The molecule has 3 N–H and O–H groups in total. The van der Waals surface area contributed by atoms with Crippen LogP contribution in [0, 0.1) is 0 Å². The summed E-state index contributed by atoms with van der Waals surface area (Å²) in [6.07, 6.45) is 0. The fraction of sp³-hybridized carbons (Fsp3) is 0. The summed E-state index contributed by atoms with van der Waals surface area (Å²) >= 11 is -3.46. The Morgan fingerprint density at radius 1 is 1.00 bits per heavy atom. The van der Waals surface area contributed by atoms with Gasteiger partial charge in [-0.2, -0.15) is 0 Å². The van der Waals surface area contributed by atoms with Gasteiger partial charge in [0.05, 0.1) is 0 Å². The van der Waals surface area contributed by atoms with Gasteiger partial charge >= 0.3 is 29.4 Å². The molecule has 0 aliphatic rings. The van der Waals surface area contributed by atoms with Gasteiger partial charge in [0.15, 0.2) is 0 Å². The van der Waals surface area contributed by atoms with Crippen molar-refractivity contribution in [3.8, 4) is 0 Å². The fourth-order valence-corrected chi connectivity index (χ4v) is 0. The molecule has 0 aromatic rings. The Morgan fingerprint density at radius 2 is 1.00 bits per heavy atom. The zero-order valence-corrected chi connectivity index (χ0v) is 4.44. The van der Waals surface area contributed by atoms with Gasteiger partial charge in [-0.3, -0.25) is 0 Å². The molecule has 0 aliphatic heterocycles. The summed E-state index contributed by atoms with van der Waals surface area (Å²) in [5, 5.41) is 0. The van der Waals surface area contributed by atoms with E-state index in [1.54, 1.807) is 0 Å². The van der Waals surface area contributed by atoms with E-state index in [0.29, 0.717) is 0 Å². The van der Waals surface area contributed by atoms with Crippen molar-refractivity contribution in [3.63, 3.8) is 0 Å². The van der Waals surface area contributed by atoms with Crippen LogP contribution in [0.15, 0.2) is 0 Å². The van der Waals surface area contributed by atoms with Gasteiger partial charge in [-0.15, -0.1) is 0 Å². The van der Waals surface area contributed by atoms with Crippen LogP contribution in [0.25, 0.3) is 0 Å². The Bertz CT molecular complexity index is 8.00. The first-order valence-corrected chi connectivity index (χ1v) is 4.15. The molecule has 0 aromatic carbocycles. The molecule has 4 heavy (non-hydrogen) atoms. The Hall–Kier alpha value is 0.542. The van der Waals surface area contributed by atoms with E-state index in [9.17, 15) is 0 Å². The van der Waals surface area contributed by atoms with Crippen molar-refractivity contribution < 1.29 is 29.4 Å². The van der Waals surface area contributed by atoms with Crippen LogP contribution >= 0.6 is 0 Å². The Kier molecular flexibility index (Phi) is 2.07. The molecule has 3 nitrogen and oxygen atoms in total. The molecule has 0 amide bonds. The van der Waals surface area contributed by atoms with E-state index in [1.165, 1.54) is 0 Å². The van der Waals surface area contributed by atoms with Gasteiger partial charge in [0, 0.05) is 0 Å². The van der Waals surface area contributed by atoms with Gasteiger partial charge in [-0.25, -0.2) is 0 Å². The molecule has 0 aliphatic carbocycles. The molecule has 0 atom stereocenters. The summed E-state index contributed by atoms with van der Waals surface area (Å²) in [7, 11) is 0. The van der Waals surface area contributed by atoms with Gasteiger partial charge in [0.2, 0.25) is 0 Å². The molecule has 0 aromatic heterocycles. The van der Waals surface area contributed by atoms with E-state index < -0.39 is 17.9 Å². The number of rotatable bonds is 0. The zero-order chi connectivity index (χ0) is 3.58. The maximum absolute atomic E-state index is 7.35. The molecule has 0 spiro atoms. The SMILES string of the molecule is [OH][Re]([OH])[OH]. The summed E-state index contributed by atoms with van der Waals surface area (Å²) in [6.45, 7) is 0. The van der Waals surface area contributed by atoms with Crippen molar-refractivity contribution in [1.82, 2.24) is 0 Å². The first-order valence-electron chi connectivity index (χ1n) is 0.507. The molecule has 28 valence electrons. The summed E-state index contributed by atoms with van der Waals surface area (Å²) < 4.78 is 22.1. The molecular weight excluding hydrogens is 234 g/mol. The average molecular weight is 237 g/mol. The van der Waals surface area contributed by atoms with Crippen molar-refractivity contribution in [2.24, 2.45) is 0 Å². The van der Waals surface area contributed by atoms with E-state index in [4.69, 9.17) is 11.5 Å². The molecule has 0 fully saturated rings. The topological polar surface area (TPSA) is 60.7 Å². The molecular formula is H3O3Re. The minimum atomic E-state index is -3.46. The van der Waals surface area contributed by atoms with Gasteiger partial charge in [-0.05, 0) is 0 Å². The van der Waals surface area contributed by atoms with E-state index in [1.807, 2.05) is 0 Å². The van der Waals surface area contributed by atoms with Gasteiger partial charge in [0.25, 0.3) is 0 Å². The van der Waals surface area contributed by atoms with Crippen LogP contribution in [0.1, 0.15) is 0 Å². The first kappa shape index (κ1) is 4.54. The average Bonchev–Trinajstić information content (AvgIpc) is 0.811. The normalized spacial score (nSPS) is 11.2. The maximum atomic E-state index is 7.35. The van der Waals surface area contributed by atoms with Gasteiger partial charge < -0.3 is 0 Å². The van der Waals surface area contributed by atoms with Gasteiger partial charge in [-0.1, -0.05) is 0 Å². The van der Waals surface area contributed by atoms with Crippen LogP contribution in [0.4, 0.5) is 0 Å². The van der Waals surface area contributed by atoms with Crippen molar-refractivity contribution in [2.45, 2.75) is 0 Å². The second-order valence-corrected chi connectivity index (χ2v) is 1.86. The number of hydrogen-bond donors (Lipinski definition) is 3. The third-order valence-electron chi connectivity index (χ3n) is 0. The van der Waals surface area contributed by atoms with Crippen molar-refractivity contribution >= 4 is 0 Å². The van der Waals surface area contributed by atoms with Crippen LogP contribution in [0.5, 0.6) is 0 Å². The number of hydrogen-bond acceptors (Lipinski definition) is 3. The molecule has 0 radical (unpaired) electrons. The quantitative estimate of drug-likeness (QED) is 0.472. The first-order chi connectivity index (χ1) is 1.73. The summed E-state index contributed by atoms with van der Waals surface area (Å²) in [6, 6.07) is 0. The van der Waals surface area contributed by atoms with E-state index >= 15 is 0 Å². The summed E-state index contributed by atoms with van der Waals surface area (Å²) in [5.74, 6) is 0. The Labute approximate surface area is 30.1 Å². The molecule has 0 bridgehead atoms. The summed E-state index contributed by atoms with van der Waals surface area (Å²) in [4.78, 5) is 0. The molecule has 0 heterocycles. The molecule has 0 unspecified atom stereocenters. The standard InChI is InChI=1S/3H2O.Re/h3*1H2;/q;;;+3/p-3. The van der Waals surface area contributed by atoms with E-state index in [0.717, 1.165) is 0 Å². The van der Waals surface area contributed by atoms with Crippen LogP contribution in [-0.2, 0) is 17.9 Å². The fourth-order valence-electron chi connectivity index (χ4n) is 0. The van der Waals surface area contributed by atoms with Crippen molar-refractivity contribution in [2.75, 3.05) is 0 Å². The molecule has 0 saturated heterocycles. The third kappa shape index (κ3) is 20.6. The van der Waals surface area contributed by atoms with Crippen LogP contribution < -0.4 is 0 Å². The second-order valence-electron chi connectivity index (χ2n) is 0.227. The Morgan fingerprint density at radius 3 is 1.00 bits per heavy atom. The van der Waals surface area contributed by atoms with E-state index in [-0.39, 0.29) is 0 Å². The third-order valence-corrected chi connectivity index (χ3v) is 0. The second kappa shape index (κ2) is 1.82. The van der Waals surface area contributed by atoms with Gasteiger partial charge in [0.1, 0.15) is 0 Å². The van der Waals surface area contributed by atoms with Crippen molar-refractivity contribution in [3.05, 3.63) is 0 Å². The monoisotopic (exact) mass is 238 g/mol. The summed E-state index contributed by atoms with van der Waals surface area (Å²) in [5.41, 5.74) is 0.